The summed E-state index contributed by atoms with van der Waals surface area (Å²) in [5.74, 6) is -5.79. The molecule has 6 atom stereocenters. The van der Waals surface area contributed by atoms with Gasteiger partial charge in [0.2, 0.25) is 11.8 Å². The molecule has 0 spiro atoms. The largest absolute Gasteiger partial charge is 0.503 e. The van der Waals surface area contributed by atoms with Crippen LogP contribution in [0.15, 0.2) is 90.5 Å². The first-order valence-corrected chi connectivity index (χ1v) is 18.6. The van der Waals surface area contributed by atoms with E-state index in [9.17, 15) is 19.5 Å². The van der Waals surface area contributed by atoms with Crippen LogP contribution in [0.5, 0.6) is 17.2 Å². The van der Waals surface area contributed by atoms with Crippen LogP contribution in [-0.2, 0) is 24.6 Å². The van der Waals surface area contributed by atoms with Crippen molar-refractivity contribution in [1.29, 1.82) is 0 Å². The quantitative estimate of drug-likeness (QED) is 0.142. The van der Waals surface area contributed by atoms with E-state index in [1.54, 1.807) is 72.8 Å². The van der Waals surface area contributed by atoms with E-state index in [2.05, 4.69) is 5.43 Å². The van der Waals surface area contributed by atoms with Crippen molar-refractivity contribution in [3.05, 3.63) is 122 Å². The smallest absolute Gasteiger partial charge is 0.260 e. The van der Waals surface area contributed by atoms with Crippen LogP contribution < -0.4 is 19.8 Å². The number of benzene rings is 4. The Hall–Kier alpha value is -4.74. The highest BCUT2D eigenvalue weighted by Crippen LogP contribution is 2.65. The third-order valence-electron chi connectivity index (χ3n) is 11.3. The second-order valence-electron chi connectivity index (χ2n) is 13.8. The van der Waals surface area contributed by atoms with Crippen LogP contribution in [-0.4, -0.2) is 48.0 Å². The fraction of sp³-hybridized carbons (Fsp3) is 0.250. The van der Waals surface area contributed by atoms with E-state index in [1.807, 2.05) is 6.08 Å². The summed E-state index contributed by atoms with van der Waals surface area (Å²) in [6, 6.07) is 21.2. The predicted molar refractivity (Wildman–Crippen MR) is 204 cm³/mol. The van der Waals surface area contributed by atoms with Gasteiger partial charge in [0.25, 0.3) is 11.8 Å². The minimum atomic E-state index is -1.63. The number of hydrazine groups is 1. The molecule has 1 saturated carbocycles. The molecule has 0 aromatic heterocycles. The van der Waals surface area contributed by atoms with Crippen LogP contribution >= 0.6 is 46.4 Å². The number of ether oxygens (including phenoxy) is 2. The molecule has 0 bridgehead atoms. The van der Waals surface area contributed by atoms with Crippen molar-refractivity contribution in [2.75, 3.05) is 24.5 Å². The Labute approximate surface area is 330 Å². The van der Waals surface area contributed by atoms with Crippen LogP contribution in [0.1, 0.15) is 29.9 Å². The van der Waals surface area contributed by atoms with Gasteiger partial charge in [-0.25, -0.2) is 0 Å². The van der Waals surface area contributed by atoms with E-state index in [1.165, 1.54) is 25.2 Å². The van der Waals surface area contributed by atoms with Gasteiger partial charge in [0.15, 0.2) is 11.5 Å². The highest BCUT2D eigenvalue weighted by atomic mass is 35.5. The number of allylic oxidation sites excluding steroid dienone is 2. The number of nitrogens with zero attached hydrogens (tertiary/aromatic N) is 2. The summed E-state index contributed by atoms with van der Waals surface area (Å²) in [7, 11) is 2.91. The first-order chi connectivity index (χ1) is 25.9. The maximum Gasteiger partial charge on any atom is 0.260 e. The molecule has 3 fully saturated rings. The summed E-state index contributed by atoms with van der Waals surface area (Å²) in [5.41, 5.74) is 3.66. The van der Waals surface area contributed by atoms with Gasteiger partial charge in [-0.3, -0.25) is 29.5 Å². The Morgan fingerprint density at radius 2 is 1.48 bits per heavy atom. The van der Waals surface area contributed by atoms with Crippen molar-refractivity contribution in [2.45, 2.75) is 24.2 Å². The summed E-state index contributed by atoms with van der Waals surface area (Å²) >= 11 is 25.5. The van der Waals surface area contributed by atoms with Crippen LogP contribution in [0, 0.1) is 23.7 Å². The molecule has 10 nitrogen and oxygen atoms in total. The molecule has 2 N–H and O–H groups in total. The zero-order chi connectivity index (χ0) is 38.2. The van der Waals surface area contributed by atoms with Crippen molar-refractivity contribution in [1.82, 2.24) is 5.01 Å². The van der Waals surface area contributed by atoms with Gasteiger partial charge >= 0.3 is 0 Å². The number of phenols is 1. The predicted octanol–water partition coefficient (Wildman–Crippen LogP) is 8.21. The Kier molecular flexibility index (Phi) is 9.08. The first-order valence-electron chi connectivity index (χ1n) is 17.0. The van der Waals surface area contributed by atoms with Crippen molar-refractivity contribution in [3.63, 3.8) is 0 Å². The zero-order valence-corrected chi connectivity index (χ0v) is 31.7. The number of phenolic OH excluding ortho intramolecular Hbond substituents is 1. The van der Waals surface area contributed by atoms with Crippen LogP contribution in [0.25, 0.3) is 0 Å². The molecule has 14 heteroatoms. The number of nitrogens with one attached hydrogen (secondary N) is 1. The number of rotatable bonds is 7. The molecule has 0 radical (unpaired) electrons. The molecule has 0 unspecified atom stereocenters. The zero-order valence-electron chi connectivity index (χ0n) is 28.7. The summed E-state index contributed by atoms with van der Waals surface area (Å²) in [4.78, 5) is 60.1. The van der Waals surface area contributed by atoms with E-state index >= 15 is 4.79 Å². The van der Waals surface area contributed by atoms with Crippen molar-refractivity contribution in [2.24, 2.45) is 23.7 Å². The van der Waals surface area contributed by atoms with Crippen molar-refractivity contribution in [3.8, 4) is 17.2 Å². The first kappa shape index (κ1) is 36.2. The van der Waals surface area contributed by atoms with Gasteiger partial charge < -0.3 is 14.6 Å². The molecule has 2 heterocycles. The van der Waals surface area contributed by atoms with Crippen molar-refractivity contribution < 1.29 is 33.8 Å². The number of methoxy groups -OCH3 is 2. The highest BCUT2D eigenvalue weighted by molar-refractivity contribution is 6.36. The lowest BCUT2D eigenvalue weighted by molar-refractivity contribution is -0.138. The molecule has 4 aromatic carbocycles. The van der Waals surface area contributed by atoms with Gasteiger partial charge in [-0.15, -0.1) is 0 Å². The normalized spacial score (nSPS) is 26.0. The number of imide groups is 2. The molecule has 2 aliphatic heterocycles. The number of carbonyl (C=O) groups excluding carboxylic acids is 4. The summed E-state index contributed by atoms with van der Waals surface area (Å²) in [6.45, 7) is 0. The monoisotopic (exact) mass is 805 g/mol. The molecule has 8 rings (SSSR count). The van der Waals surface area contributed by atoms with E-state index in [4.69, 9.17) is 55.9 Å². The molecule has 54 heavy (non-hydrogen) atoms. The average molecular weight is 808 g/mol. The third-order valence-corrected chi connectivity index (χ3v) is 12.4. The summed E-state index contributed by atoms with van der Waals surface area (Å²) in [5, 5.41) is 12.8. The summed E-state index contributed by atoms with van der Waals surface area (Å²) in [6.07, 6.45) is 2.19. The number of hydrogen-bond donors (Lipinski definition) is 2. The van der Waals surface area contributed by atoms with Gasteiger partial charge in [-0.05, 0) is 96.6 Å². The SMILES string of the molecule is COc1ccc([C@@]23C(=O)N(Nc4ccc(Cl)cc4Cl)C(=O)[C@@H]2C[C@@H]2C(=CC[C@@H]4C(=O)N(c5ccc(Cl)cc5)C(=O)[C@@H]42)[C@@H]3c2cc(Cl)c(O)c(OC)c2)cc1. The van der Waals surface area contributed by atoms with Crippen LogP contribution in [0.3, 0.4) is 0 Å². The second-order valence-corrected chi connectivity index (χ2v) is 15.4. The minimum Gasteiger partial charge on any atom is -0.503 e. The maximum atomic E-state index is 15.4. The molecular formula is C40H31Cl4N3O7. The second kappa shape index (κ2) is 13.5. The molecule has 2 aliphatic carbocycles. The molecular weight excluding hydrogens is 776 g/mol. The summed E-state index contributed by atoms with van der Waals surface area (Å²) < 4.78 is 11.0. The van der Waals surface area contributed by atoms with E-state index in [0.717, 1.165) is 5.01 Å². The Morgan fingerprint density at radius 1 is 0.778 bits per heavy atom. The van der Waals surface area contributed by atoms with Crippen molar-refractivity contribution >= 4 is 81.4 Å². The third kappa shape index (κ3) is 5.37. The minimum absolute atomic E-state index is 0.0390. The fourth-order valence-electron chi connectivity index (χ4n) is 8.98. The van der Waals surface area contributed by atoms with Gasteiger partial charge in [-0.2, -0.15) is 5.01 Å². The number of anilines is 2. The van der Waals surface area contributed by atoms with E-state index in [-0.39, 0.29) is 46.0 Å². The van der Waals surface area contributed by atoms with Gasteiger partial charge in [0.1, 0.15) is 5.75 Å². The number of carbonyl (C=O) groups is 4. The maximum absolute atomic E-state index is 15.4. The van der Waals surface area contributed by atoms with E-state index < -0.39 is 52.7 Å². The number of amides is 4. The van der Waals surface area contributed by atoms with Gasteiger partial charge in [0, 0.05) is 16.0 Å². The Morgan fingerprint density at radius 3 is 2.15 bits per heavy atom. The van der Waals surface area contributed by atoms with Crippen LogP contribution in [0.4, 0.5) is 11.4 Å². The molecule has 2 saturated heterocycles. The van der Waals surface area contributed by atoms with E-state index in [0.29, 0.717) is 38.2 Å². The lowest BCUT2D eigenvalue weighted by Gasteiger charge is -2.50. The number of hydrogen-bond acceptors (Lipinski definition) is 8. The number of aromatic hydroxyl groups is 1. The lowest BCUT2D eigenvalue weighted by Crippen LogP contribution is -2.53. The Balaban J connectivity index is 1.35. The molecule has 276 valence electrons. The number of halogens is 4. The molecule has 4 amide bonds. The average Bonchev–Trinajstić information content (AvgIpc) is 3.54. The fourth-order valence-corrected chi connectivity index (χ4v) is 9.77. The standard InChI is InChI=1S/C40H31Cl4N3O7/c1-53-24-10-3-20(4-11-24)40-28(37(50)47(39(40)52)45-31-14-7-22(42)17-29(31)43)18-27-25(34(40)19-15-30(44)35(48)32(16-19)54-2)12-13-26-33(27)38(51)46(36(26)49)23-8-5-21(41)6-9-23/h3-12,14-17,26-28,33-34,45,48H,13,18H2,1-2H3/t26-,27+,28-,33-,34-,40+/m0/s1. The highest BCUT2D eigenvalue weighted by Gasteiger charge is 2.70. The van der Waals surface area contributed by atoms with Gasteiger partial charge in [0.05, 0.1) is 58.8 Å². The molecule has 4 aliphatic rings. The molecule has 4 aromatic rings. The lowest BCUT2D eigenvalue weighted by atomic mass is 9.49. The topological polar surface area (TPSA) is 125 Å². The Bertz CT molecular complexity index is 2280. The van der Waals surface area contributed by atoms with Gasteiger partial charge in [-0.1, -0.05) is 70.2 Å². The van der Waals surface area contributed by atoms with Crippen LogP contribution in [0.2, 0.25) is 20.1 Å². The number of fused-ring (bicyclic) bond motifs is 4.